The van der Waals surface area contributed by atoms with Gasteiger partial charge in [0.05, 0.1) is 22.5 Å². The highest BCUT2D eigenvalue weighted by Crippen LogP contribution is 2.35. The van der Waals surface area contributed by atoms with Crippen molar-refractivity contribution < 1.29 is 8.83 Å². The first-order valence-corrected chi connectivity index (χ1v) is 13.7. The van der Waals surface area contributed by atoms with Gasteiger partial charge in [-0.3, -0.25) is 0 Å². The Morgan fingerprint density at radius 1 is 0.707 bits per heavy atom. The van der Waals surface area contributed by atoms with E-state index in [1.807, 2.05) is 72.9 Å². The lowest BCUT2D eigenvalue weighted by Crippen LogP contribution is -2.05. The zero-order valence-electron chi connectivity index (χ0n) is 21.2. The molecule has 1 N–H and O–H groups in total. The van der Waals surface area contributed by atoms with Gasteiger partial charge in [0, 0.05) is 38.8 Å². The predicted octanol–water partition coefficient (Wildman–Crippen LogP) is 7.02. The quantitative estimate of drug-likeness (QED) is 0.234. The van der Waals surface area contributed by atoms with E-state index in [1.54, 1.807) is 34.3 Å². The van der Waals surface area contributed by atoms with Gasteiger partial charge >= 0.3 is 11.3 Å². The topological polar surface area (TPSA) is 107 Å². The minimum absolute atomic E-state index is 0.343. The second-order valence-electron chi connectivity index (χ2n) is 9.56. The number of nitrogens with zero attached hydrogens (tertiary/aromatic N) is 3. The van der Waals surface area contributed by atoms with Crippen LogP contribution < -0.4 is 11.3 Å². The Bertz CT molecular complexity index is 2390. The van der Waals surface area contributed by atoms with Crippen LogP contribution >= 0.6 is 11.3 Å². The fourth-order valence-electron chi connectivity index (χ4n) is 5.10. The molecule has 9 heteroatoms. The van der Waals surface area contributed by atoms with Crippen molar-refractivity contribution >= 4 is 44.2 Å². The van der Waals surface area contributed by atoms with Crippen LogP contribution in [0.1, 0.15) is 0 Å². The Balaban J connectivity index is 1.33. The molecule has 5 heterocycles. The van der Waals surface area contributed by atoms with Crippen LogP contribution in [-0.2, 0) is 0 Å². The molecule has 8 aromatic rings. The van der Waals surface area contributed by atoms with E-state index >= 15 is 0 Å². The molecule has 0 aliphatic rings. The summed E-state index contributed by atoms with van der Waals surface area (Å²) in [5.41, 5.74) is 4.32. The van der Waals surface area contributed by atoms with E-state index in [4.69, 9.17) is 18.9 Å². The van der Waals surface area contributed by atoms with Crippen LogP contribution in [0.5, 0.6) is 0 Å². The molecular formula is C32H18N4O4S. The first-order valence-electron chi connectivity index (χ1n) is 12.8. The number of aromatic nitrogens is 4. The molecule has 0 aliphatic heterocycles. The molecule has 0 radical (unpaired) electrons. The third-order valence-electron chi connectivity index (χ3n) is 7.08. The number of aromatic amines is 1. The third-order valence-corrected chi connectivity index (χ3v) is 7.90. The van der Waals surface area contributed by atoms with Gasteiger partial charge in [-0.1, -0.05) is 54.6 Å². The standard InChI is InChI=1S/C32H18N4O4S/c37-30-21(13-18-7-1-5-11-28(18)39-30)25-15-27(23-16-33-24-10-4-3-9-20(23)24)36(35-25)32-34-26(17-41-32)22-14-19-8-2-6-12-29(19)40-31(22)38/h1-17,33H. The van der Waals surface area contributed by atoms with Gasteiger partial charge in [0.25, 0.3) is 0 Å². The van der Waals surface area contributed by atoms with Crippen molar-refractivity contribution in [1.82, 2.24) is 19.7 Å². The fraction of sp³-hybridized carbons (Fsp3) is 0. The Morgan fingerprint density at radius 3 is 2.07 bits per heavy atom. The molecule has 8 nitrogen and oxygen atoms in total. The predicted molar refractivity (Wildman–Crippen MR) is 159 cm³/mol. The molecule has 5 aromatic heterocycles. The molecule has 0 bridgehead atoms. The van der Waals surface area contributed by atoms with E-state index < -0.39 is 11.3 Å². The summed E-state index contributed by atoms with van der Waals surface area (Å²) in [7, 11) is 0. The number of H-pyrrole nitrogens is 1. The minimum Gasteiger partial charge on any atom is -0.422 e. The summed E-state index contributed by atoms with van der Waals surface area (Å²) < 4.78 is 12.8. The van der Waals surface area contributed by atoms with E-state index in [1.165, 1.54) is 11.3 Å². The van der Waals surface area contributed by atoms with Crippen LogP contribution in [0.4, 0.5) is 0 Å². The van der Waals surface area contributed by atoms with Crippen molar-refractivity contribution in [3.8, 4) is 38.9 Å². The number of hydrogen-bond acceptors (Lipinski definition) is 7. The molecular weight excluding hydrogens is 536 g/mol. The smallest absolute Gasteiger partial charge is 0.345 e. The molecule has 3 aromatic carbocycles. The summed E-state index contributed by atoms with van der Waals surface area (Å²) >= 11 is 1.34. The number of hydrogen-bond donors (Lipinski definition) is 1. The summed E-state index contributed by atoms with van der Waals surface area (Å²) in [6, 6.07) is 28.1. The van der Waals surface area contributed by atoms with Crippen LogP contribution in [-0.4, -0.2) is 19.7 Å². The average molecular weight is 555 g/mol. The molecule has 41 heavy (non-hydrogen) atoms. The normalized spacial score (nSPS) is 11.6. The van der Waals surface area contributed by atoms with Crippen LogP contribution in [0.25, 0.3) is 71.7 Å². The molecule has 0 saturated heterocycles. The zero-order chi connectivity index (χ0) is 27.5. The van der Waals surface area contributed by atoms with E-state index in [0.29, 0.717) is 38.8 Å². The Hall–Kier alpha value is -5.54. The highest BCUT2D eigenvalue weighted by molar-refractivity contribution is 7.12. The fourth-order valence-corrected chi connectivity index (χ4v) is 5.89. The molecule has 196 valence electrons. The molecule has 0 aliphatic carbocycles. The van der Waals surface area contributed by atoms with Crippen molar-refractivity contribution in [3.05, 3.63) is 123 Å². The van der Waals surface area contributed by atoms with Crippen molar-refractivity contribution in [2.24, 2.45) is 0 Å². The van der Waals surface area contributed by atoms with Gasteiger partial charge in [0.2, 0.25) is 5.13 Å². The van der Waals surface area contributed by atoms with E-state index in [2.05, 4.69) is 4.98 Å². The maximum absolute atomic E-state index is 13.0. The lowest BCUT2D eigenvalue weighted by Gasteiger charge is -2.03. The lowest BCUT2D eigenvalue weighted by atomic mass is 10.1. The van der Waals surface area contributed by atoms with Crippen LogP contribution in [0.15, 0.2) is 121 Å². The van der Waals surface area contributed by atoms with Gasteiger partial charge in [-0.15, -0.1) is 11.3 Å². The number of fused-ring (bicyclic) bond motifs is 3. The summed E-state index contributed by atoms with van der Waals surface area (Å²) in [4.78, 5) is 34.0. The average Bonchev–Trinajstić information content (AvgIpc) is 3.74. The van der Waals surface area contributed by atoms with E-state index in [-0.39, 0.29) is 0 Å². The molecule has 0 atom stereocenters. The largest absolute Gasteiger partial charge is 0.422 e. The summed E-state index contributed by atoms with van der Waals surface area (Å²) in [5, 5.41) is 9.79. The molecule has 0 saturated carbocycles. The lowest BCUT2D eigenvalue weighted by molar-refractivity contribution is 0.562. The van der Waals surface area contributed by atoms with Crippen molar-refractivity contribution in [2.75, 3.05) is 0 Å². The Labute approximate surface area is 234 Å². The van der Waals surface area contributed by atoms with Gasteiger partial charge in [-0.05, 0) is 36.4 Å². The van der Waals surface area contributed by atoms with Crippen molar-refractivity contribution in [3.63, 3.8) is 0 Å². The van der Waals surface area contributed by atoms with Crippen LogP contribution in [0.2, 0.25) is 0 Å². The maximum atomic E-state index is 13.0. The maximum Gasteiger partial charge on any atom is 0.345 e. The molecule has 0 amide bonds. The third kappa shape index (κ3) is 3.82. The van der Waals surface area contributed by atoms with Gasteiger partial charge in [-0.2, -0.15) is 5.10 Å². The Kier molecular flexibility index (Phi) is 5.13. The SMILES string of the molecule is O=c1oc2ccccc2cc1-c1csc(-n2nc(-c3cc4ccccc4oc3=O)cc2-c2c[nH]c3ccccc23)n1. The van der Waals surface area contributed by atoms with Gasteiger partial charge in [-0.25, -0.2) is 19.3 Å². The zero-order valence-corrected chi connectivity index (χ0v) is 22.0. The number of nitrogens with one attached hydrogen (secondary N) is 1. The molecule has 0 unspecified atom stereocenters. The van der Waals surface area contributed by atoms with E-state index in [0.717, 1.165) is 32.9 Å². The first kappa shape index (κ1) is 23.4. The molecule has 0 spiro atoms. The summed E-state index contributed by atoms with van der Waals surface area (Å²) in [6.45, 7) is 0. The van der Waals surface area contributed by atoms with Crippen molar-refractivity contribution in [1.29, 1.82) is 0 Å². The minimum atomic E-state index is -0.479. The second kappa shape index (κ2) is 9.00. The molecule has 0 fully saturated rings. The van der Waals surface area contributed by atoms with E-state index in [9.17, 15) is 9.59 Å². The number of thiazole rings is 1. The summed E-state index contributed by atoms with van der Waals surface area (Å²) in [5.74, 6) is 0. The highest BCUT2D eigenvalue weighted by atomic mass is 32.1. The number of para-hydroxylation sites is 3. The monoisotopic (exact) mass is 554 g/mol. The Morgan fingerprint density at radius 2 is 1.34 bits per heavy atom. The van der Waals surface area contributed by atoms with Crippen molar-refractivity contribution in [2.45, 2.75) is 0 Å². The first-order chi connectivity index (χ1) is 20.1. The van der Waals surface area contributed by atoms with Crippen LogP contribution in [0.3, 0.4) is 0 Å². The van der Waals surface area contributed by atoms with Gasteiger partial charge < -0.3 is 13.8 Å². The van der Waals surface area contributed by atoms with Crippen LogP contribution in [0, 0.1) is 0 Å². The van der Waals surface area contributed by atoms with Gasteiger partial charge in [0.15, 0.2) is 0 Å². The second-order valence-corrected chi connectivity index (χ2v) is 10.4. The van der Waals surface area contributed by atoms with Gasteiger partial charge in [0.1, 0.15) is 16.9 Å². The number of rotatable bonds is 4. The summed E-state index contributed by atoms with van der Waals surface area (Å²) in [6.07, 6.45) is 1.91. The highest BCUT2D eigenvalue weighted by Gasteiger charge is 2.21. The number of benzene rings is 3. The molecule has 8 rings (SSSR count).